The number of ether oxygens (including phenoxy) is 2. The van der Waals surface area contributed by atoms with Crippen LogP contribution in [0.1, 0.15) is 23.7 Å². The molecular formula is C22H23N3O5S. The summed E-state index contributed by atoms with van der Waals surface area (Å²) in [5, 5.41) is 2.61. The highest BCUT2D eigenvalue weighted by Gasteiger charge is 2.34. The standard InChI is InChI=1S/C22H23N3O5S/c1-4-30-21(28)14-8-10-15(11-9-14)24-22-25(2)19(26)13-18(31-22)20(27)23-16-6-5-7-17(12-16)29-3/h5-12,18H,4,13H2,1-3H3,(H,23,27). The van der Waals surface area contributed by atoms with Crippen molar-refractivity contribution in [2.24, 2.45) is 4.99 Å². The first kappa shape index (κ1) is 22.4. The molecule has 2 aromatic rings. The molecule has 1 aliphatic heterocycles. The van der Waals surface area contributed by atoms with Crippen LogP contribution < -0.4 is 10.1 Å². The summed E-state index contributed by atoms with van der Waals surface area (Å²) in [4.78, 5) is 42.9. The Bertz CT molecular complexity index is 1010. The fourth-order valence-electron chi connectivity index (χ4n) is 2.82. The van der Waals surface area contributed by atoms with E-state index in [1.54, 1.807) is 69.6 Å². The van der Waals surface area contributed by atoms with E-state index in [0.29, 0.717) is 34.5 Å². The molecule has 3 rings (SSSR count). The number of aliphatic imine (C=N–C) groups is 1. The van der Waals surface area contributed by atoms with Crippen molar-refractivity contribution in [1.82, 2.24) is 4.90 Å². The molecule has 0 aliphatic carbocycles. The van der Waals surface area contributed by atoms with Gasteiger partial charge in [0.05, 0.1) is 25.0 Å². The monoisotopic (exact) mass is 441 g/mol. The number of nitrogens with zero attached hydrogens (tertiary/aromatic N) is 2. The summed E-state index contributed by atoms with van der Waals surface area (Å²) in [5.41, 5.74) is 1.57. The normalized spacial score (nSPS) is 17.4. The summed E-state index contributed by atoms with van der Waals surface area (Å²) in [6.07, 6.45) is 0.0672. The van der Waals surface area contributed by atoms with E-state index in [1.165, 1.54) is 16.7 Å². The van der Waals surface area contributed by atoms with Gasteiger partial charge in [0.25, 0.3) is 0 Å². The summed E-state index contributed by atoms with van der Waals surface area (Å²) < 4.78 is 10.1. The maximum Gasteiger partial charge on any atom is 0.338 e. The van der Waals surface area contributed by atoms with Gasteiger partial charge in [-0.25, -0.2) is 9.79 Å². The van der Waals surface area contributed by atoms with Crippen LogP contribution in [0.15, 0.2) is 53.5 Å². The largest absolute Gasteiger partial charge is 0.497 e. The van der Waals surface area contributed by atoms with Gasteiger partial charge in [0.2, 0.25) is 11.8 Å². The highest BCUT2D eigenvalue weighted by molar-refractivity contribution is 8.15. The van der Waals surface area contributed by atoms with E-state index in [1.807, 2.05) is 0 Å². The zero-order valence-electron chi connectivity index (χ0n) is 17.5. The van der Waals surface area contributed by atoms with Crippen molar-refractivity contribution in [2.75, 3.05) is 26.1 Å². The van der Waals surface area contributed by atoms with Crippen LogP contribution in [0.25, 0.3) is 0 Å². The number of amidine groups is 1. The second-order valence-corrected chi connectivity index (χ2v) is 7.82. The van der Waals surface area contributed by atoms with Crippen LogP contribution in [-0.2, 0) is 14.3 Å². The molecule has 1 N–H and O–H groups in total. The van der Waals surface area contributed by atoms with Crippen molar-refractivity contribution in [3.63, 3.8) is 0 Å². The van der Waals surface area contributed by atoms with Crippen LogP contribution in [0.4, 0.5) is 11.4 Å². The number of carbonyl (C=O) groups is 3. The first-order valence-corrected chi connectivity index (χ1v) is 10.5. The second-order valence-electron chi connectivity index (χ2n) is 6.65. The molecule has 0 saturated carbocycles. The van der Waals surface area contributed by atoms with E-state index < -0.39 is 11.2 Å². The fourth-order valence-corrected chi connectivity index (χ4v) is 3.88. The van der Waals surface area contributed by atoms with E-state index >= 15 is 0 Å². The number of thioether (sulfide) groups is 1. The number of rotatable bonds is 6. The first-order valence-electron chi connectivity index (χ1n) is 9.65. The fraction of sp³-hybridized carbons (Fsp3) is 0.273. The Balaban J connectivity index is 1.74. The van der Waals surface area contributed by atoms with Crippen LogP contribution in [0.2, 0.25) is 0 Å². The molecule has 1 saturated heterocycles. The van der Waals surface area contributed by atoms with Gasteiger partial charge in [-0.05, 0) is 43.3 Å². The lowest BCUT2D eigenvalue weighted by molar-refractivity contribution is -0.128. The van der Waals surface area contributed by atoms with Crippen LogP contribution in [0, 0.1) is 0 Å². The molecule has 9 heteroatoms. The van der Waals surface area contributed by atoms with Crippen LogP contribution in [-0.4, -0.2) is 53.9 Å². The maximum absolute atomic E-state index is 12.7. The third-order valence-corrected chi connectivity index (χ3v) is 5.74. The number of hydrogen-bond donors (Lipinski definition) is 1. The number of esters is 1. The van der Waals surface area contributed by atoms with Crippen LogP contribution in [0.3, 0.4) is 0 Å². The molecule has 0 spiro atoms. The number of amides is 2. The highest BCUT2D eigenvalue weighted by Crippen LogP contribution is 2.29. The molecule has 31 heavy (non-hydrogen) atoms. The Morgan fingerprint density at radius 3 is 2.65 bits per heavy atom. The van der Waals surface area contributed by atoms with E-state index in [9.17, 15) is 14.4 Å². The molecule has 2 aromatic carbocycles. The number of methoxy groups -OCH3 is 1. The SMILES string of the molecule is CCOC(=O)c1ccc(N=C2SC(C(=O)Nc3cccc(OC)c3)CC(=O)N2C)cc1. The number of hydrogen-bond acceptors (Lipinski definition) is 7. The molecule has 0 aromatic heterocycles. The molecule has 1 unspecified atom stereocenters. The van der Waals surface area contributed by atoms with Gasteiger partial charge in [-0.3, -0.25) is 14.5 Å². The second kappa shape index (κ2) is 10.1. The van der Waals surface area contributed by atoms with Crippen molar-refractivity contribution >= 4 is 46.1 Å². The predicted molar refractivity (Wildman–Crippen MR) is 120 cm³/mol. The third kappa shape index (κ3) is 5.64. The van der Waals surface area contributed by atoms with Gasteiger partial charge in [0, 0.05) is 25.2 Å². The number of carbonyl (C=O) groups excluding carboxylic acids is 3. The van der Waals surface area contributed by atoms with Gasteiger partial charge in [0.1, 0.15) is 11.0 Å². The Labute approximate surface area is 184 Å². The number of benzene rings is 2. The van der Waals surface area contributed by atoms with Crippen LogP contribution >= 0.6 is 11.8 Å². The number of nitrogens with one attached hydrogen (secondary N) is 1. The van der Waals surface area contributed by atoms with Crippen molar-refractivity contribution in [1.29, 1.82) is 0 Å². The Kier molecular flexibility index (Phi) is 7.30. The first-order chi connectivity index (χ1) is 14.9. The molecule has 1 aliphatic rings. The molecule has 8 nitrogen and oxygen atoms in total. The van der Waals surface area contributed by atoms with Crippen molar-refractivity contribution in [2.45, 2.75) is 18.6 Å². The Morgan fingerprint density at radius 1 is 1.23 bits per heavy atom. The zero-order valence-corrected chi connectivity index (χ0v) is 18.3. The smallest absolute Gasteiger partial charge is 0.338 e. The zero-order chi connectivity index (χ0) is 22.4. The van der Waals surface area contributed by atoms with Crippen molar-refractivity contribution < 1.29 is 23.9 Å². The van der Waals surface area contributed by atoms with E-state index in [-0.39, 0.29) is 18.2 Å². The topological polar surface area (TPSA) is 97.3 Å². The molecule has 1 heterocycles. The summed E-state index contributed by atoms with van der Waals surface area (Å²) in [6, 6.07) is 13.6. The number of anilines is 1. The molecule has 0 radical (unpaired) electrons. The molecule has 2 amide bonds. The van der Waals surface area contributed by atoms with E-state index in [4.69, 9.17) is 9.47 Å². The predicted octanol–water partition coefficient (Wildman–Crippen LogP) is 3.46. The van der Waals surface area contributed by atoms with Crippen molar-refractivity contribution in [3.05, 3.63) is 54.1 Å². The Hall–Kier alpha value is -3.33. The highest BCUT2D eigenvalue weighted by atomic mass is 32.2. The molecule has 0 bridgehead atoms. The van der Waals surface area contributed by atoms with Gasteiger partial charge in [-0.1, -0.05) is 17.8 Å². The minimum atomic E-state index is -0.618. The van der Waals surface area contributed by atoms with Gasteiger partial charge in [0.15, 0.2) is 5.17 Å². The van der Waals surface area contributed by atoms with E-state index in [2.05, 4.69) is 10.3 Å². The minimum Gasteiger partial charge on any atom is -0.497 e. The average Bonchev–Trinajstić information content (AvgIpc) is 2.77. The quantitative estimate of drug-likeness (QED) is 0.690. The lowest BCUT2D eigenvalue weighted by atomic mass is 10.2. The molecule has 1 fully saturated rings. The van der Waals surface area contributed by atoms with Gasteiger partial charge < -0.3 is 14.8 Å². The van der Waals surface area contributed by atoms with Gasteiger partial charge >= 0.3 is 5.97 Å². The summed E-state index contributed by atoms with van der Waals surface area (Å²) in [7, 11) is 3.17. The lowest BCUT2D eigenvalue weighted by Gasteiger charge is -2.28. The van der Waals surface area contributed by atoms with E-state index in [0.717, 1.165) is 0 Å². The molecule has 162 valence electrons. The summed E-state index contributed by atoms with van der Waals surface area (Å²) in [5.74, 6) is -0.273. The third-order valence-electron chi connectivity index (χ3n) is 4.50. The molecular weight excluding hydrogens is 418 g/mol. The Morgan fingerprint density at radius 2 is 1.97 bits per heavy atom. The summed E-state index contributed by atoms with van der Waals surface area (Å²) >= 11 is 1.21. The van der Waals surface area contributed by atoms with Gasteiger partial charge in [-0.15, -0.1) is 0 Å². The lowest BCUT2D eigenvalue weighted by Crippen LogP contribution is -2.43. The van der Waals surface area contributed by atoms with Crippen molar-refractivity contribution in [3.8, 4) is 5.75 Å². The average molecular weight is 442 g/mol. The van der Waals surface area contributed by atoms with Crippen LogP contribution in [0.5, 0.6) is 5.75 Å². The maximum atomic E-state index is 12.7. The minimum absolute atomic E-state index is 0.0672. The summed E-state index contributed by atoms with van der Waals surface area (Å²) in [6.45, 7) is 2.04. The molecule has 1 atom stereocenters. The van der Waals surface area contributed by atoms with Gasteiger partial charge in [-0.2, -0.15) is 0 Å².